The van der Waals surface area contributed by atoms with E-state index >= 15 is 0 Å². The molecule has 0 fully saturated rings. The zero-order valence-electron chi connectivity index (χ0n) is 10.3. The highest BCUT2D eigenvalue weighted by molar-refractivity contribution is 9.10. The van der Waals surface area contributed by atoms with Gasteiger partial charge in [0, 0.05) is 17.2 Å². The van der Waals surface area contributed by atoms with Crippen molar-refractivity contribution in [2.75, 3.05) is 6.73 Å². The number of fused-ring (bicyclic) bond motifs is 1. The second-order valence-electron chi connectivity index (χ2n) is 4.41. The lowest BCUT2D eigenvalue weighted by Crippen LogP contribution is -2.38. The fourth-order valence-corrected chi connectivity index (χ4v) is 2.32. The summed E-state index contributed by atoms with van der Waals surface area (Å²) in [5.41, 5.74) is 1.27. The van der Waals surface area contributed by atoms with Crippen LogP contribution in [0.25, 0.3) is 0 Å². The van der Waals surface area contributed by atoms with Crippen LogP contribution in [-0.2, 0) is 6.54 Å². The van der Waals surface area contributed by atoms with Crippen LogP contribution in [0, 0.1) is 5.82 Å². The Morgan fingerprint density at radius 3 is 2.85 bits per heavy atom. The number of benzene rings is 1. The average molecular weight is 337 g/mol. The fraction of sp³-hybridized carbons (Fsp3) is 0.143. The van der Waals surface area contributed by atoms with Crippen LogP contribution in [0.5, 0.6) is 5.88 Å². The molecule has 0 bridgehead atoms. The van der Waals surface area contributed by atoms with Gasteiger partial charge in [-0.15, -0.1) is 0 Å². The van der Waals surface area contributed by atoms with Gasteiger partial charge in [-0.2, -0.15) is 0 Å². The molecule has 0 N–H and O–H groups in total. The van der Waals surface area contributed by atoms with Crippen LogP contribution in [0.3, 0.4) is 0 Å². The Labute approximate surface area is 123 Å². The van der Waals surface area contributed by atoms with E-state index in [4.69, 9.17) is 4.74 Å². The summed E-state index contributed by atoms with van der Waals surface area (Å²) in [6.45, 7) is 0.503. The maximum absolute atomic E-state index is 12.9. The van der Waals surface area contributed by atoms with Gasteiger partial charge in [0.15, 0.2) is 6.73 Å². The van der Waals surface area contributed by atoms with E-state index in [0.29, 0.717) is 18.0 Å². The van der Waals surface area contributed by atoms with E-state index in [0.717, 1.165) is 10.0 Å². The minimum Gasteiger partial charge on any atom is -0.456 e. The molecule has 1 amide bonds. The summed E-state index contributed by atoms with van der Waals surface area (Å²) >= 11 is 3.28. The van der Waals surface area contributed by atoms with Crippen LogP contribution in [0.2, 0.25) is 0 Å². The van der Waals surface area contributed by atoms with Gasteiger partial charge in [0.05, 0.1) is 0 Å². The number of halogens is 2. The summed E-state index contributed by atoms with van der Waals surface area (Å²) in [7, 11) is 0. The molecule has 1 aromatic carbocycles. The number of aromatic nitrogens is 1. The number of ether oxygens (including phenoxy) is 1. The third-order valence-corrected chi connectivity index (χ3v) is 3.41. The van der Waals surface area contributed by atoms with Crippen molar-refractivity contribution in [2.45, 2.75) is 6.54 Å². The van der Waals surface area contributed by atoms with Gasteiger partial charge < -0.3 is 9.64 Å². The lowest BCUT2D eigenvalue weighted by atomic mass is 10.1. The van der Waals surface area contributed by atoms with Crippen molar-refractivity contribution >= 4 is 21.8 Å². The van der Waals surface area contributed by atoms with E-state index in [9.17, 15) is 9.18 Å². The smallest absolute Gasteiger partial charge is 0.262 e. The standard InChI is InChI=1S/C14H10BrFN2O2/c15-10-5-12-13(17-6-10)20-8-18(14(12)19)7-9-1-3-11(16)4-2-9/h1-6H,7-8H2. The van der Waals surface area contributed by atoms with Gasteiger partial charge in [-0.1, -0.05) is 12.1 Å². The SMILES string of the molecule is O=C1c2cc(Br)cnc2OCN1Cc1ccc(F)cc1. The second kappa shape index (κ2) is 5.20. The molecule has 0 aliphatic carbocycles. The molecule has 1 aliphatic rings. The normalized spacial score (nSPS) is 13.9. The molecule has 0 unspecified atom stereocenters. The fourth-order valence-electron chi connectivity index (χ4n) is 1.99. The van der Waals surface area contributed by atoms with Crippen LogP contribution in [0.4, 0.5) is 4.39 Å². The Kier molecular flexibility index (Phi) is 3.40. The van der Waals surface area contributed by atoms with Crippen LogP contribution < -0.4 is 4.74 Å². The number of rotatable bonds is 2. The predicted octanol–water partition coefficient (Wildman–Crippen LogP) is 2.98. The number of hydrogen-bond donors (Lipinski definition) is 0. The molecule has 0 saturated heterocycles. The Hall–Kier alpha value is -1.95. The van der Waals surface area contributed by atoms with Crippen molar-refractivity contribution < 1.29 is 13.9 Å². The lowest BCUT2D eigenvalue weighted by molar-refractivity contribution is 0.0484. The number of carbonyl (C=O) groups is 1. The molecular formula is C14H10BrFN2O2. The summed E-state index contributed by atoms with van der Waals surface area (Å²) in [4.78, 5) is 18.0. The third-order valence-electron chi connectivity index (χ3n) is 2.98. The molecule has 6 heteroatoms. The summed E-state index contributed by atoms with van der Waals surface area (Å²) in [6, 6.07) is 7.73. The summed E-state index contributed by atoms with van der Waals surface area (Å²) < 4.78 is 19.0. The molecule has 1 aliphatic heterocycles. The Balaban J connectivity index is 1.83. The first-order chi connectivity index (χ1) is 9.63. The molecule has 4 nitrogen and oxygen atoms in total. The number of carbonyl (C=O) groups excluding carboxylic acids is 1. The van der Waals surface area contributed by atoms with Crippen LogP contribution in [0.1, 0.15) is 15.9 Å². The predicted molar refractivity (Wildman–Crippen MR) is 73.7 cm³/mol. The average Bonchev–Trinajstić information content (AvgIpc) is 2.45. The van der Waals surface area contributed by atoms with Crippen molar-refractivity contribution in [3.63, 3.8) is 0 Å². The minimum atomic E-state index is -0.298. The molecule has 20 heavy (non-hydrogen) atoms. The van der Waals surface area contributed by atoms with Crippen molar-refractivity contribution in [3.05, 3.63) is 57.9 Å². The molecular weight excluding hydrogens is 327 g/mol. The first kappa shape index (κ1) is 13.1. The van der Waals surface area contributed by atoms with E-state index in [2.05, 4.69) is 20.9 Å². The highest BCUT2D eigenvalue weighted by Crippen LogP contribution is 2.26. The maximum Gasteiger partial charge on any atom is 0.262 e. The van der Waals surface area contributed by atoms with Crippen molar-refractivity contribution in [3.8, 4) is 5.88 Å². The second-order valence-corrected chi connectivity index (χ2v) is 5.32. The highest BCUT2D eigenvalue weighted by atomic mass is 79.9. The van der Waals surface area contributed by atoms with Crippen molar-refractivity contribution in [1.29, 1.82) is 0 Å². The summed E-state index contributed by atoms with van der Waals surface area (Å²) in [6.07, 6.45) is 1.59. The van der Waals surface area contributed by atoms with E-state index < -0.39 is 0 Å². The molecule has 3 rings (SSSR count). The van der Waals surface area contributed by atoms with Gasteiger partial charge in [-0.25, -0.2) is 9.37 Å². The lowest BCUT2D eigenvalue weighted by Gasteiger charge is -2.28. The molecule has 0 saturated carbocycles. The molecule has 1 aromatic heterocycles. The van der Waals surface area contributed by atoms with E-state index in [1.54, 1.807) is 29.3 Å². The number of nitrogens with zero attached hydrogens (tertiary/aromatic N) is 2. The first-order valence-electron chi connectivity index (χ1n) is 5.95. The maximum atomic E-state index is 12.9. The van der Waals surface area contributed by atoms with Gasteiger partial charge >= 0.3 is 0 Å². The Morgan fingerprint density at radius 1 is 1.35 bits per heavy atom. The molecule has 0 radical (unpaired) electrons. The Bertz CT molecular complexity index is 661. The van der Waals surface area contributed by atoms with Crippen molar-refractivity contribution in [2.24, 2.45) is 0 Å². The monoisotopic (exact) mass is 336 g/mol. The van der Waals surface area contributed by atoms with Gasteiger partial charge in [0.25, 0.3) is 5.91 Å². The summed E-state index contributed by atoms with van der Waals surface area (Å²) in [5.74, 6) is -0.105. The van der Waals surface area contributed by atoms with Gasteiger partial charge in [0.1, 0.15) is 11.4 Å². The Morgan fingerprint density at radius 2 is 2.10 bits per heavy atom. The van der Waals surface area contributed by atoms with Crippen LogP contribution in [-0.4, -0.2) is 22.5 Å². The number of pyridine rings is 1. The zero-order valence-corrected chi connectivity index (χ0v) is 11.9. The quantitative estimate of drug-likeness (QED) is 0.846. The number of amides is 1. The minimum absolute atomic E-state index is 0.137. The van der Waals surface area contributed by atoms with Gasteiger partial charge in [0.2, 0.25) is 5.88 Å². The van der Waals surface area contributed by atoms with E-state index in [1.165, 1.54) is 12.1 Å². The molecule has 2 heterocycles. The third kappa shape index (κ3) is 2.51. The van der Waals surface area contributed by atoms with E-state index in [-0.39, 0.29) is 18.5 Å². The molecule has 102 valence electrons. The topological polar surface area (TPSA) is 42.4 Å². The number of hydrogen-bond acceptors (Lipinski definition) is 3. The van der Waals surface area contributed by atoms with Crippen LogP contribution in [0.15, 0.2) is 41.0 Å². The zero-order chi connectivity index (χ0) is 14.1. The molecule has 0 spiro atoms. The van der Waals surface area contributed by atoms with Gasteiger partial charge in [-0.3, -0.25) is 4.79 Å². The largest absolute Gasteiger partial charge is 0.456 e. The van der Waals surface area contributed by atoms with E-state index in [1.807, 2.05) is 0 Å². The first-order valence-corrected chi connectivity index (χ1v) is 6.75. The molecule has 2 aromatic rings. The van der Waals surface area contributed by atoms with Gasteiger partial charge in [-0.05, 0) is 39.7 Å². The summed E-state index contributed by atoms with van der Waals surface area (Å²) in [5, 5.41) is 0. The van der Waals surface area contributed by atoms with Crippen molar-refractivity contribution in [1.82, 2.24) is 9.88 Å². The van der Waals surface area contributed by atoms with Crippen LogP contribution >= 0.6 is 15.9 Å². The highest BCUT2D eigenvalue weighted by Gasteiger charge is 2.26. The molecule has 0 atom stereocenters.